The zero-order valence-corrected chi connectivity index (χ0v) is 24.9. The molecule has 37 heavy (non-hydrogen) atoms. The molecule has 0 bridgehead atoms. The van der Waals surface area contributed by atoms with Gasteiger partial charge in [-0.05, 0) is 57.7 Å². The third-order valence-electron chi connectivity index (χ3n) is 7.10. The third kappa shape index (κ3) is 7.98. The van der Waals surface area contributed by atoms with Crippen LogP contribution in [0.1, 0.15) is 54.0 Å². The maximum Gasteiger partial charge on any atom is 0.331 e. The van der Waals surface area contributed by atoms with E-state index in [0.29, 0.717) is 0 Å². The van der Waals surface area contributed by atoms with Crippen LogP contribution >= 0.6 is 11.8 Å². The standard InChI is InChI=1S/C28H45N3O5S/c1-17(2)21(16-18(3)26(34)35)31(9)25(33)23(28(6,7)37-11)30-24(32)22(29-8)27(4,5)19-12-14-20(36-10)15-13-19/h12-17,21-23,29H,1-11H3,(H,30,32)(H,34,35)/t21-,22-,23-/m1/s1. The van der Waals surface area contributed by atoms with Gasteiger partial charge in [0.15, 0.2) is 0 Å². The second-order valence-electron chi connectivity index (χ2n) is 10.8. The van der Waals surface area contributed by atoms with E-state index in [2.05, 4.69) is 10.6 Å². The number of nitrogens with zero attached hydrogens (tertiary/aromatic N) is 1. The molecule has 1 aromatic rings. The minimum Gasteiger partial charge on any atom is -0.497 e. The summed E-state index contributed by atoms with van der Waals surface area (Å²) in [6.07, 6.45) is 3.50. The average Bonchev–Trinajstić information content (AvgIpc) is 2.84. The van der Waals surface area contributed by atoms with Crippen molar-refractivity contribution in [1.29, 1.82) is 0 Å². The van der Waals surface area contributed by atoms with Crippen molar-refractivity contribution in [3.8, 4) is 5.75 Å². The fourth-order valence-electron chi connectivity index (χ4n) is 4.31. The minimum atomic E-state index is -1.03. The molecular formula is C28H45N3O5S. The molecule has 1 aromatic carbocycles. The Bertz CT molecular complexity index is 973. The van der Waals surface area contributed by atoms with E-state index in [1.54, 1.807) is 32.2 Å². The number of ether oxygens (including phenoxy) is 1. The highest BCUT2D eigenvalue weighted by Crippen LogP contribution is 2.31. The summed E-state index contributed by atoms with van der Waals surface area (Å²) < 4.78 is 4.64. The van der Waals surface area contributed by atoms with Crippen LogP contribution in [0.25, 0.3) is 0 Å². The van der Waals surface area contributed by atoms with Crippen molar-refractivity contribution in [2.45, 2.75) is 76.8 Å². The van der Waals surface area contributed by atoms with Gasteiger partial charge in [-0.3, -0.25) is 9.59 Å². The van der Waals surface area contributed by atoms with Crippen LogP contribution in [-0.4, -0.2) is 78.1 Å². The van der Waals surface area contributed by atoms with E-state index in [0.717, 1.165) is 11.3 Å². The van der Waals surface area contributed by atoms with Crippen LogP contribution in [-0.2, 0) is 19.8 Å². The molecule has 0 fully saturated rings. The Morgan fingerprint density at radius 2 is 1.62 bits per heavy atom. The molecule has 0 aromatic heterocycles. The first-order valence-electron chi connectivity index (χ1n) is 12.4. The lowest BCUT2D eigenvalue weighted by Gasteiger charge is -2.40. The molecule has 3 N–H and O–H groups in total. The summed E-state index contributed by atoms with van der Waals surface area (Å²) in [7, 11) is 4.99. The molecule has 0 spiro atoms. The number of methoxy groups -OCH3 is 1. The van der Waals surface area contributed by atoms with E-state index in [9.17, 15) is 19.5 Å². The predicted octanol–water partition coefficient (Wildman–Crippen LogP) is 3.70. The Labute approximate surface area is 226 Å². The highest BCUT2D eigenvalue weighted by molar-refractivity contribution is 8.00. The number of aliphatic carboxylic acids is 1. The molecule has 0 aliphatic heterocycles. The van der Waals surface area contributed by atoms with Crippen molar-refractivity contribution in [3.05, 3.63) is 41.5 Å². The molecule has 0 aliphatic rings. The van der Waals surface area contributed by atoms with Crippen molar-refractivity contribution in [3.63, 3.8) is 0 Å². The predicted molar refractivity (Wildman–Crippen MR) is 151 cm³/mol. The quantitative estimate of drug-likeness (QED) is 0.331. The topological polar surface area (TPSA) is 108 Å². The van der Waals surface area contributed by atoms with E-state index >= 15 is 0 Å². The minimum absolute atomic E-state index is 0.0314. The summed E-state index contributed by atoms with van der Waals surface area (Å²) in [4.78, 5) is 40.6. The number of nitrogens with one attached hydrogen (secondary N) is 2. The Morgan fingerprint density at radius 3 is 2.03 bits per heavy atom. The summed E-state index contributed by atoms with van der Waals surface area (Å²) in [6.45, 7) is 13.2. The molecule has 1 rings (SSSR count). The van der Waals surface area contributed by atoms with Crippen LogP contribution in [0.3, 0.4) is 0 Å². The number of benzene rings is 1. The van der Waals surface area contributed by atoms with Gasteiger partial charge in [0.1, 0.15) is 11.8 Å². The molecular weight excluding hydrogens is 490 g/mol. The van der Waals surface area contributed by atoms with Gasteiger partial charge in [-0.25, -0.2) is 4.79 Å². The van der Waals surface area contributed by atoms with E-state index in [4.69, 9.17) is 4.74 Å². The fraction of sp³-hybridized carbons (Fsp3) is 0.607. The number of hydrogen-bond donors (Lipinski definition) is 3. The first kappa shape index (κ1) is 32.5. The van der Waals surface area contributed by atoms with Gasteiger partial charge in [0.05, 0.1) is 19.2 Å². The van der Waals surface area contributed by atoms with Gasteiger partial charge in [-0.15, -0.1) is 0 Å². The van der Waals surface area contributed by atoms with Gasteiger partial charge in [0.2, 0.25) is 11.8 Å². The summed E-state index contributed by atoms with van der Waals surface area (Å²) in [6, 6.07) is 5.66. The number of thioether (sulfide) groups is 1. The lowest BCUT2D eigenvalue weighted by Crippen LogP contribution is -2.63. The van der Waals surface area contributed by atoms with E-state index in [-0.39, 0.29) is 23.3 Å². The molecule has 0 aliphatic carbocycles. The molecule has 8 nitrogen and oxygen atoms in total. The molecule has 0 saturated heterocycles. The van der Waals surface area contributed by atoms with Crippen molar-refractivity contribution in [2.75, 3.05) is 27.5 Å². The highest BCUT2D eigenvalue weighted by Gasteiger charge is 2.43. The molecule has 0 unspecified atom stereocenters. The number of carbonyl (C=O) groups excluding carboxylic acids is 2. The van der Waals surface area contributed by atoms with Crippen molar-refractivity contribution < 1.29 is 24.2 Å². The number of likely N-dealkylation sites (N-methyl/N-ethyl adjacent to an activating group) is 2. The molecule has 0 radical (unpaired) electrons. The molecule has 0 heterocycles. The van der Waals surface area contributed by atoms with Gasteiger partial charge < -0.3 is 25.4 Å². The van der Waals surface area contributed by atoms with Gasteiger partial charge in [0, 0.05) is 22.8 Å². The van der Waals surface area contributed by atoms with E-state index in [1.807, 2.05) is 72.1 Å². The van der Waals surface area contributed by atoms with E-state index < -0.39 is 34.3 Å². The zero-order chi connectivity index (χ0) is 28.7. The van der Waals surface area contributed by atoms with Crippen LogP contribution in [0, 0.1) is 5.92 Å². The monoisotopic (exact) mass is 535 g/mol. The van der Waals surface area contributed by atoms with Gasteiger partial charge in [0.25, 0.3) is 0 Å². The summed E-state index contributed by atoms with van der Waals surface area (Å²) >= 11 is 1.48. The van der Waals surface area contributed by atoms with Crippen LogP contribution in [0.2, 0.25) is 0 Å². The van der Waals surface area contributed by atoms with Crippen LogP contribution < -0.4 is 15.4 Å². The Hall–Kier alpha value is -2.52. The summed E-state index contributed by atoms with van der Waals surface area (Å²) in [5.41, 5.74) is 0.510. The van der Waals surface area contributed by atoms with Crippen LogP contribution in [0.15, 0.2) is 35.9 Å². The first-order valence-corrected chi connectivity index (χ1v) is 13.6. The zero-order valence-electron chi connectivity index (χ0n) is 24.1. The third-order valence-corrected chi connectivity index (χ3v) is 8.39. The molecule has 9 heteroatoms. The molecule has 0 saturated carbocycles. The first-order chi connectivity index (χ1) is 17.0. The summed E-state index contributed by atoms with van der Waals surface area (Å²) in [5.74, 6) is -0.907. The number of amides is 2. The Morgan fingerprint density at radius 1 is 1.08 bits per heavy atom. The van der Waals surface area contributed by atoms with Crippen LogP contribution in [0.4, 0.5) is 0 Å². The SMILES string of the molecule is CN[C@H](C(=O)N[C@H](C(=O)N(C)[C@H](C=C(C)C(=O)O)C(C)C)C(C)(C)SC)C(C)(C)c1ccc(OC)cc1. The largest absolute Gasteiger partial charge is 0.497 e. The maximum atomic E-state index is 13.9. The van der Waals surface area contributed by atoms with Gasteiger partial charge in [-0.1, -0.05) is 45.9 Å². The normalized spacial score (nSPS) is 15.1. The van der Waals surface area contributed by atoms with E-state index in [1.165, 1.54) is 18.7 Å². The molecule has 208 valence electrons. The number of rotatable bonds is 13. The number of carboxylic acids is 1. The molecule has 2 amide bonds. The Balaban J connectivity index is 3.37. The van der Waals surface area contributed by atoms with Crippen molar-refractivity contribution in [2.24, 2.45) is 5.92 Å². The van der Waals surface area contributed by atoms with Gasteiger partial charge in [-0.2, -0.15) is 11.8 Å². The second kappa shape index (κ2) is 13.3. The lowest BCUT2D eigenvalue weighted by molar-refractivity contribution is -0.138. The number of carboxylic acid groups (broad SMARTS) is 1. The van der Waals surface area contributed by atoms with Crippen LogP contribution in [0.5, 0.6) is 5.75 Å². The maximum absolute atomic E-state index is 13.9. The number of hydrogen-bond acceptors (Lipinski definition) is 6. The fourth-order valence-corrected chi connectivity index (χ4v) is 4.71. The number of carbonyl (C=O) groups is 3. The summed E-state index contributed by atoms with van der Waals surface area (Å²) in [5, 5.41) is 15.5. The second-order valence-corrected chi connectivity index (χ2v) is 12.2. The molecule has 3 atom stereocenters. The highest BCUT2D eigenvalue weighted by atomic mass is 32.2. The smallest absolute Gasteiger partial charge is 0.331 e. The van der Waals surface area contributed by atoms with Gasteiger partial charge >= 0.3 is 5.97 Å². The van der Waals surface area contributed by atoms with Crippen molar-refractivity contribution in [1.82, 2.24) is 15.5 Å². The average molecular weight is 536 g/mol. The lowest BCUT2D eigenvalue weighted by atomic mass is 9.77. The Kier molecular flexibility index (Phi) is 11.7. The van der Waals surface area contributed by atoms with Crippen molar-refractivity contribution >= 4 is 29.5 Å².